The van der Waals surface area contributed by atoms with Gasteiger partial charge in [0.15, 0.2) is 0 Å². The van der Waals surface area contributed by atoms with E-state index < -0.39 is 40.8 Å². The molecule has 0 amide bonds. The standard InChI is InChI=1S/C35H47Si3.3CH3.Ti/c1-25-18-31(36(7,8)9)22-33(20-25)38(30-16-14-13-15-17-30,35(6)24-27(3)28(4)29(35)5)34-21-26(2)19-32(23-34)37(10,11)12;;;;/h13-23H,1-12H3;3*1H3;. The van der Waals surface area contributed by atoms with Crippen LogP contribution in [0.1, 0.15) is 38.8 Å². The van der Waals surface area contributed by atoms with Gasteiger partial charge in [-0.3, -0.25) is 0 Å². The van der Waals surface area contributed by atoms with E-state index in [1.165, 1.54) is 16.7 Å². The number of allylic oxidation sites excluding steroid dienone is 4. The summed E-state index contributed by atoms with van der Waals surface area (Å²) in [5, 5.41) is 15.8. The van der Waals surface area contributed by atoms with Crippen molar-refractivity contribution < 1.29 is 16.6 Å². The molecule has 0 spiro atoms. The fourth-order valence-corrected chi connectivity index (χ4v) is 24.4. The van der Waals surface area contributed by atoms with Crippen LogP contribution in [-0.4, -0.2) is 24.2 Å². The molecule has 0 heterocycles. The average molecular weight is 645 g/mol. The van der Waals surface area contributed by atoms with Gasteiger partial charge < -0.3 is 0 Å². The SMILES string of the molecule is CC1=C(C)C(C)([Si](c2ccccc2)(c2cc(C)cc([Si](C)(C)C)c2)c2cc(C)cc([Si](C)(C)C)c2)[C]([Ti]([CH3])([CH3])[CH3])=C1C. The summed E-state index contributed by atoms with van der Waals surface area (Å²) in [7, 11) is -5.89. The number of benzene rings is 3. The minimum absolute atomic E-state index is 0.0459. The maximum atomic E-state index is 2.70. The second-order valence-corrected chi connectivity index (χ2v) is 38.6. The number of rotatable bonds is 7. The summed E-state index contributed by atoms with van der Waals surface area (Å²) in [6.07, 6.45) is 0. The molecule has 0 bridgehead atoms. The van der Waals surface area contributed by atoms with Crippen LogP contribution in [0.3, 0.4) is 0 Å². The van der Waals surface area contributed by atoms with Crippen molar-refractivity contribution in [3.8, 4) is 0 Å². The van der Waals surface area contributed by atoms with Gasteiger partial charge in [0.05, 0.1) is 0 Å². The van der Waals surface area contributed by atoms with Gasteiger partial charge in [-0.05, 0) is 0 Å². The van der Waals surface area contributed by atoms with Crippen LogP contribution in [0.15, 0.2) is 87.3 Å². The van der Waals surface area contributed by atoms with Gasteiger partial charge in [-0.1, -0.05) is 0 Å². The zero-order valence-electron chi connectivity index (χ0n) is 29.4. The van der Waals surface area contributed by atoms with Crippen molar-refractivity contribution in [1.29, 1.82) is 0 Å². The van der Waals surface area contributed by atoms with Crippen molar-refractivity contribution in [3.63, 3.8) is 0 Å². The fraction of sp³-hybridized carbons (Fsp3) is 0.421. The van der Waals surface area contributed by atoms with Crippen LogP contribution in [0.4, 0.5) is 0 Å². The summed E-state index contributed by atoms with van der Waals surface area (Å²) in [5.74, 6) is 0. The predicted octanol–water partition coefficient (Wildman–Crippen LogP) is 8.55. The van der Waals surface area contributed by atoms with Crippen molar-refractivity contribution >= 4 is 50.2 Å². The Bertz CT molecular complexity index is 1510. The summed E-state index contributed by atoms with van der Waals surface area (Å²) in [6.45, 7) is 29.8. The van der Waals surface area contributed by atoms with E-state index in [0.717, 1.165) is 0 Å². The first-order chi connectivity index (χ1) is 19.2. The third kappa shape index (κ3) is 5.47. The predicted molar refractivity (Wildman–Crippen MR) is 196 cm³/mol. The third-order valence-electron chi connectivity index (χ3n) is 10.2. The van der Waals surface area contributed by atoms with E-state index >= 15 is 0 Å². The molecule has 1 atom stereocenters. The molecule has 0 saturated carbocycles. The maximum absolute atomic E-state index is 2.74. The molecule has 0 saturated heterocycles. The molecule has 0 N–H and O–H groups in total. The summed E-state index contributed by atoms with van der Waals surface area (Å²) >= 11 is -2.38. The first-order valence-corrected chi connectivity index (χ1v) is 30.3. The Hall–Kier alpha value is -1.50. The first kappa shape index (κ1) is 33.4. The van der Waals surface area contributed by atoms with E-state index in [4.69, 9.17) is 0 Å². The summed E-state index contributed by atoms with van der Waals surface area (Å²) in [4.78, 5) is 0. The van der Waals surface area contributed by atoms with Crippen molar-refractivity contribution in [1.82, 2.24) is 0 Å². The molecule has 42 heavy (non-hydrogen) atoms. The van der Waals surface area contributed by atoms with Crippen molar-refractivity contribution in [2.24, 2.45) is 0 Å². The molecule has 0 aliphatic heterocycles. The van der Waals surface area contributed by atoms with Crippen molar-refractivity contribution in [2.45, 2.75) is 102 Å². The van der Waals surface area contributed by atoms with Gasteiger partial charge >= 0.3 is 267 Å². The molecule has 0 aromatic heterocycles. The Balaban J connectivity index is 2.39. The van der Waals surface area contributed by atoms with Crippen LogP contribution in [0.5, 0.6) is 0 Å². The van der Waals surface area contributed by atoms with Gasteiger partial charge in [0.25, 0.3) is 0 Å². The zero-order chi connectivity index (χ0) is 31.6. The van der Waals surface area contributed by atoms with Crippen LogP contribution in [0.25, 0.3) is 0 Å². The molecule has 3 aromatic rings. The molecule has 0 fully saturated rings. The van der Waals surface area contributed by atoms with E-state index in [9.17, 15) is 0 Å². The topological polar surface area (TPSA) is 0 Å². The molecular formula is C38H56Si3Ti. The van der Waals surface area contributed by atoms with Crippen LogP contribution in [0.2, 0.25) is 60.0 Å². The Morgan fingerprint density at radius 2 is 0.929 bits per heavy atom. The van der Waals surface area contributed by atoms with Crippen LogP contribution in [-0.2, 0) is 16.6 Å². The third-order valence-corrected chi connectivity index (χ3v) is 24.0. The molecular weight excluding hydrogens is 589 g/mol. The molecule has 1 unspecified atom stereocenters. The average Bonchev–Trinajstić information content (AvgIpc) is 3.04. The van der Waals surface area contributed by atoms with E-state index in [-0.39, 0.29) is 5.04 Å². The summed E-state index contributed by atoms with van der Waals surface area (Å²) in [6, 6.07) is 27.4. The number of hydrogen-bond acceptors (Lipinski definition) is 0. The van der Waals surface area contributed by atoms with Crippen molar-refractivity contribution in [3.05, 3.63) is 98.5 Å². The van der Waals surface area contributed by atoms with Crippen LogP contribution < -0.4 is 25.9 Å². The Morgan fingerprint density at radius 1 is 0.524 bits per heavy atom. The fourth-order valence-electron chi connectivity index (χ4n) is 8.11. The van der Waals surface area contributed by atoms with Crippen LogP contribution in [0, 0.1) is 13.8 Å². The van der Waals surface area contributed by atoms with Gasteiger partial charge in [0.1, 0.15) is 0 Å². The minimum atomic E-state index is -2.74. The quantitative estimate of drug-likeness (QED) is 0.179. The summed E-state index contributed by atoms with van der Waals surface area (Å²) in [5.41, 5.74) is 7.56. The van der Waals surface area contributed by atoms with Gasteiger partial charge in [-0.2, -0.15) is 0 Å². The molecule has 4 rings (SSSR count). The Labute approximate surface area is 265 Å². The normalized spacial score (nSPS) is 18.7. The zero-order valence-corrected chi connectivity index (χ0v) is 33.9. The van der Waals surface area contributed by atoms with E-state index in [0.29, 0.717) is 0 Å². The van der Waals surface area contributed by atoms with E-state index in [2.05, 4.69) is 163 Å². The second kappa shape index (κ2) is 11.1. The molecule has 0 nitrogen and oxygen atoms in total. The van der Waals surface area contributed by atoms with Gasteiger partial charge in [0, 0.05) is 0 Å². The van der Waals surface area contributed by atoms with Gasteiger partial charge in [-0.25, -0.2) is 0 Å². The van der Waals surface area contributed by atoms with Crippen molar-refractivity contribution in [2.75, 3.05) is 0 Å². The molecule has 4 heteroatoms. The number of aryl methyl sites for hydroxylation is 2. The van der Waals surface area contributed by atoms with Crippen LogP contribution >= 0.6 is 0 Å². The van der Waals surface area contributed by atoms with Gasteiger partial charge in [-0.15, -0.1) is 0 Å². The Kier molecular flexibility index (Phi) is 8.86. The molecule has 224 valence electrons. The molecule has 3 aromatic carbocycles. The summed E-state index contributed by atoms with van der Waals surface area (Å²) < 4.78 is 1.82. The molecule has 1 aliphatic rings. The van der Waals surface area contributed by atoms with E-state index in [1.54, 1.807) is 37.1 Å². The second-order valence-electron chi connectivity index (χ2n) is 16.4. The first-order valence-electron chi connectivity index (χ1n) is 15.9. The monoisotopic (exact) mass is 644 g/mol. The number of hydrogen-bond donors (Lipinski definition) is 0. The molecule has 0 radical (unpaired) electrons. The van der Waals surface area contributed by atoms with E-state index in [1.807, 2.05) is 3.88 Å². The Morgan fingerprint density at radius 3 is 1.31 bits per heavy atom. The van der Waals surface area contributed by atoms with Gasteiger partial charge in [0.2, 0.25) is 0 Å². The molecule has 1 aliphatic carbocycles.